The van der Waals surface area contributed by atoms with Crippen LogP contribution in [0.4, 0.5) is 13.2 Å². The Labute approximate surface area is 143 Å². The van der Waals surface area contributed by atoms with E-state index in [0.29, 0.717) is 5.56 Å². The standard InChI is InChI=1S/C17H14F3NO3S/c1-21-25(23,24)15-9-5-13(6-10-15)16(22)11-4-12-2-7-14(8-3-12)17(18,19)20/h2-11,21H,1H3/b11-4+. The van der Waals surface area contributed by atoms with Crippen LogP contribution in [0.3, 0.4) is 0 Å². The van der Waals surface area contributed by atoms with E-state index in [4.69, 9.17) is 0 Å². The third-order valence-electron chi connectivity index (χ3n) is 3.38. The zero-order chi connectivity index (χ0) is 18.7. The normalized spacial score (nSPS) is 12.5. The summed E-state index contributed by atoms with van der Waals surface area (Å²) in [5, 5.41) is 0. The van der Waals surface area contributed by atoms with E-state index in [-0.39, 0.29) is 10.5 Å². The Morgan fingerprint density at radius 2 is 1.56 bits per heavy atom. The number of allylic oxidation sites excluding steroid dienone is 1. The second kappa shape index (κ2) is 7.20. The van der Waals surface area contributed by atoms with Gasteiger partial charge in [-0.2, -0.15) is 13.2 Å². The largest absolute Gasteiger partial charge is 0.416 e. The van der Waals surface area contributed by atoms with E-state index < -0.39 is 27.5 Å². The maximum Gasteiger partial charge on any atom is 0.416 e. The summed E-state index contributed by atoms with van der Waals surface area (Å²) in [4.78, 5) is 12.1. The first-order chi connectivity index (χ1) is 11.6. The van der Waals surface area contributed by atoms with E-state index in [1.165, 1.54) is 55.6 Å². The molecule has 0 saturated carbocycles. The second-order valence-electron chi connectivity index (χ2n) is 5.05. The van der Waals surface area contributed by atoms with Crippen molar-refractivity contribution in [3.63, 3.8) is 0 Å². The molecule has 0 bridgehead atoms. The first-order valence-corrected chi connectivity index (χ1v) is 8.55. The summed E-state index contributed by atoms with van der Waals surface area (Å²) >= 11 is 0. The van der Waals surface area contributed by atoms with Gasteiger partial charge in [-0.05, 0) is 55.1 Å². The van der Waals surface area contributed by atoms with Crippen molar-refractivity contribution in [3.8, 4) is 0 Å². The molecule has 0 fully saturated rings. The fraction of sp³-hybridized carbons (Fsp3) is 0.118. The maximum absolute atomic E-state index is 12.5. The molecule has 25 heavy (non-hydrogen) atoms. The van der Waals surface area contributed by atoms with Gasteiger partial charge in [0, 0.05) is 5.56 Å². The predicted molar refractivity (Wildman–Crippen MR) is 87.5 cm³/mol. The third-order valence-corrected chi connectivity index (χ3v) is 4.81. The number of rotatable bonds is 5. The number of alkyl halides is 3. The summed E-state index contributed by atoms with van der Waals surface area (Å²) in [5.41, 5.74) is -0.0637. The maximum atomic E-state index is 12.5. The molecular weight excluding hydrogens is 355 g/mol. The molecule has 0 amide bonds. The lowest BCUT2D eigenvalue weighted by Gasteiger charge is -2.05. The lowest BCUT2D eigenvalue weighted by Crippen LogP contribution is -2.18. The molecule has 1 N–H and O–H groups in total. The van der Waals surface area contributed by atoms with Gasteiger partial charge in [0.05, 0.1) is 10.5 Å². The summed E-state index contributed by atoms with van der Waals surface area (Å²) in [6, 6.07) is 9.71. The molecule has 132 valence electrons. The number of sulfonamides is 1. The van der Waals surface area contributed by atoms with Crippen molar-refractivity contribution in [1.29, 1.82) is 0 Å². The van der Waals surface area contributed by atoms with Gasteiger partial charge in [-0.15, -0.1) is 0 Å². The molecule has 0 aliphatic heterocycles. The molecule has 0 heterocycles. The van der Waals surface area contributed by atoms with Crippen LogP contribution in [0.5, 0.6) is 0 Å². The van der Waals surface area contributed by atoms with Gasteiger partial charge in [0.15, 0.2) is 5.78 Å². The number of ketones is 1. The van der Waals surface area contributed by atoms with E-state index in [9.17, 15) is 26.4 Å². The molecule has 0 radical (unpaired) electrons. The smallest absolute Gasteiger partial charge is 0.289 e. The number of hydrogen-bond acceptors (Lipinski definition) is 3. The van der Waals surface area contributed by atoms with Gasteiger partial charge in [0.1, 0.15) is 0 Å². The van der Waals surface area contributed by atoms with Crippen LogP contribution in [0.15, 0.2) is 59.5 Å². The number of nitrogens with one attached hydrogen (secondary N) is 1. The van der Waals surface area contributed by atoms with Crippen LogP contribution in [0, 0.1) is 0 Å². The van der Waals surface area contributed by atoms with Gasteiger partial charge in [-0.3, -0.25) is 4.79 Å². The average Bonchev–Trinajstić information content (AvgIpc) is 2.59. The third kappa shape index (κ3) is 4.77. The molecule has 4 nitrogen and oxygen atoms in total. The van der Waals surface area contributed by atoms with Crippen LogP contribution in [0.1, 0.15) is 21.5 Å². The van der Waals surface area contributed by atoms with Gasteiger partial charge in [0.25, 0.3) is 0 Å². The highest BCUT2D eigenvalue weighted by atomic mass is 32.2. The Kier molecular flexibility index (Phi) is 5.44. The fourth-order valence-corrected chi connectivity index (χ4v) is 2.70. The predicted octanol–water partition coefficient (Wildman–Crippen LogP) is 3.51. The lowest BCUT2D eigenvalue weighted by molar-refractivity contribution is -0.137. The monoisotopic (exact) mass is 369 g/mol. The van der Waals surface area contributed by atoms with E-state index in [2.05, 4.69) is 4.72 Å². The highest BCUT2D eigenvalue weighted by molar-refractivity contribution is 7.89. The van der Waals surface area contributed by atoms with Crippen molar-refractivity contribution in [2.45, 2.75) is 11.1 Å². The van der Waals surface area contributed by atoms with Gasteiger partial charge in [0.2, 0.25) is 10.0 Å². The molecule has 8 heteroatoms. The number of carbonyl (C=O) groups excluding carboxylic acids is 1. The average molecular weight is 369 g/mol. The Morgan fingerprint density at radius 3 is 2.04 bits per heavy atom. The molecule has 0 atom stereocenters. The summed E-state index contributed by atoms with van der Waals surface area (Å²) in [5.74, 6) is -0.395. The van der Waals surface area contributed by atoms with Gasteiger partial charge in [-0.1, -0.05) is 18.2 Å². The Hall–Kier alpha value is -2.45. The number of hydrogen-bond donors (Lipinski definition) is 1. The lowest BCUT2D eigenvalue weighted by atomic mass is 10.1. The van der Waals surface area contributed by atoms with E-state index in [1.54, 1.807) is 0 Å². The van der Waals surface area contributed by atoms with E-state index in [0.717, 1.165) is 12.1 Å². The summed E-state index contributed by atoms with van der Waals surface area (Å²) in [6.45, 7) is 0. The first-order valence-electron chi connectivity index (χ1n) is 7.07. The van der Waals surface area contributed by atoms with Crippen LogP contribution < -0.4 is 4.72 Å². The minimum atomic E-state index is -4.41. The number of halogens is 3. The summed E-state index contributed by atoms with van der Waals surface area (Å²) < 4.78 is 62.8. The van der Waals surface area contributed by atoms with Crippen molar-refractivity contribution in [3.05, 3.63) is 71.3 Å². The Balaban J connectivity index is 2.12. The Bertz CT molecular complexity index is 884. The topological polar surface area (TPSA) is 63.2 Å². The van der Waals surface area contributed by atoms with Crippen LogP contribution in [-0.2, 0) is 16.2 Å². The number of carbonyl (C=O) groups is 1. The molecule has 2 aromatic carbocycles. The first kappa shape index (κ1) is 18.9. The van der Waals surface area contributed by atoms with Crippen molar-refractivity contribution in [2.75, 3.05) is 7.05 Å². The van der Waals surface area contributed by atoms with Crippen LogP contribution in [0.2, 0.25) is 0 Å². The fourth-order valence-electron chi connectivity index (χ4n) is 1.97. The molecule has 0 unspecified atom stereocenters. The van der Waals surface area contributed by atoms with Gasteiger partial charge < -0.3 is 0 Å². The highest BCUT2D eigenvalue weighted by Crippen LogP contribution is 2.29. The quantitative estimate of drug-likeness (QED) is 0.648. The highest BCUT2D eigenvalue weighted by Gasteiger charge is 2.29. The number of benzene rings is 2. The van der Waals surface area contributed by atoms with Gasteiger partial charge >= 0.3 is 6.18 Å². The minimum Gasteiger partial charge on any atom is -0.289 e. The SMILES string of the molecule is CNS(=O)(=O)c1ccc(C(=O)/C=C/c2ccc(C(F)(F)F)cc2)cc1. The van der Waals surface area contributed by atoms with E-state index in [1.807, 2.05) is 0 Å². The zero-order valence-corrected chi connectivity index (χ0v) is 13.9. The van der Waals surface area contributed by atoms with Crippen molar-refractivity contribution >= 4 is 21.9 Å². The molecule has 2 rings (SSSR count). The van der Waals surface area contributed by atoms with Crippen LogP contribution in [-0.4, -0.2) is 21.2 Å². The van der Waals surface area contributed by atoms with Crippen LogP contribution >= 0.6 is 0 Å². The van der Waals surface area contributed by atoms with E-state index >= 15 is 0 Å². The molecule has 0 spiro atoms. The zero-order valence-electron chi connectivity index (χ0n) is 13.0. The van der Waals surface area contributed by atoms with Crippen molar-refractivity contribution in [1.82, 2.24) is 4.72 Å². The molecule has 0 aliphatic rings. The molecular formula is C17H14F3NO3S. The second-order valence-corrected chi connectivity index (χ2v) is 6.94. The van der Waals surface area contributed by atoms with Crippen LogP contribution in [0.25, 0.3) is 6.08 Å². The molecule has 0 aromatic heterocycles. The summed E-state index contributed by atoms with van der Waals surface area (Å²) in [7, 11) is -2.30. The summed E-state index contributed by atoms with van der Waals surface area (Å²) in [6.07, 6.45) is -1.81. The molecule has 0 aliphatic carbocycles. The van der Waals surface area contributed by atoms with Crippen molar-refractivity contribution in [2.24, 2.45) is 0 Å². The van der Waals surface area contributed by atoms with Gasteiger partial charge in [-0.25, -0.2) is 13.1 Å². The molecule has 2 aromatic rings. The van der Waals surface area contributed by atoms with Crippen molar-refractivity contribution < 1.29 is 26.4 Å². The molecule has 0 saturated heterocycles. The minimum absolute atomic E-state index is 0.0262. The Morgan fingerprint density at radius 1 is 1.00 bits per heavy atom.